The summed E-state index contributed by atoms with van der Waals surface area (Å²) in [6, 6.07) is 22.5. The SMILES string of the molecule is CCC(CC)C(=O)/C=C(\O)C(CC)CC.[Ir].[c-]1cc2ccccc2c2[se]c3cccc4oc5ccnc(c12)c5c43. The number of fused-ring (bicyclic) bond motifs is 4. The molecule has 0 saturated carbocycles. The second-order valence-electron chi connectivity index (χ2n) is 9.94. The van der Waals surface area contributed by atoms with Gasteiger partial charge in [-0.15, -0.1) is 0 Å². The van der Waals surface area contributed by atoms with Crippen molar-refractivity contribution in [2.45, 2.75) is 53.4 Å². The van der Waals surface area contributed by atoms with E-state index in [0.717, 1.165) is 53.1 Å². The van der Waals surface area contributed by atoms with Crippen LogP contribution in [0.5, 0.6) is 0 Å². The summed E-state index contributed by atoms with van der Waals surface area (Å²) < 4.78 is 8.79. The Labute approximate surface area is 254 Å². The van der Waals surface area contributed by atoms with E-state index >= 15 is 0 Å². The number of allylic oxidation sites excluding steroid dienone is 2. The summed E-state index contributed by atoms with van der Waals surface area (Å²) >= 11 is 0.184. The first-order valence-corrected chi connectivity index (χ1v) is 15.6. The molecular weight excluding hydrogens is 742 g/mol. The predicted molar refractivity (Wildman–Crippen MR) is 164 cm³/mol. The Morgan fingerprint density at radius 1 is 0.950 bits per heavy atom. The maximum atomic E-state index is 11.7. The first kappa shape index (κ1) is 30.2. The van der Waals surface area contributed by atoms with E-state index < -0.39 is 0 Å². The minimum absolute atomic E-state index is 0. The van der Waals surface area contributed by atoms with Crippen molar-refractivity contribution >= 4 is 72.4 Å². The Morgan fingerprint density at radius 3 is 2.38 bits per heavy atom. The summed E-state index contributed by atoms with van der Waals surface area (Å²) in [6.45, 7) is 8.07. The Morgan fingerprint density at radius 2 is 1.65 bits per heavy atom. The monoisotopic (exact) mass is 777 g/mol. The molecule has 6 aromatic rings. The van der Waals surface area contributed by atoms with Gasteiger partial charge in [-0.05, 0) is 25.7 Å². The molecule has 1 radical (unpaired) electrons. The third-order valence-corrected chi connectivity index (χ3v) is 10.2. The van der Waals surface area contributed by atoms with Crippen LogP contribution in [0.2, 0.25) is 0 Å². The number of pyridine rings is 1. The van der Waals surface area contributed by atoms with Gasteiger partial charge in [0, 0.05) is 38.0 Å². The number of carbonyl (C=O) groups excluding carboxylic acids is 1. The molecule has 3 heterocycles. The molecule has 0 fully saturated rings. The first-order chi connectivity index (χ1) is 19.0. The van der Waals surface area contributed by atoms with Gasteiger partial charge in [-0.25, -0.2) is 0 Å². The summed E-state index contributed by atoms with van der Waals surface area (Å²) in [7, 11) is 0. The summed E-state index contributed by atoms with van der Waals surface area (Å²) in [4.78, 5) is 16.4. The van der Waals surface area contributed by atoms with Gasteiger partial charge < -0.3 is 5.11 Å². The molecular formula is C34H34IrNO3Se-. The van der Waals surface area contributed by atoms with Crippen LogP contribution >= 0.6 is 0 Å². The predicted octanol–water partition coefficient (Wildman–Crippen LogP) is 9.17. The molecule has 0 amide bonds. The zero-order valence-electron chi connectivity index (χ0n) is 23.3. The Balaban J connectivity index is 0.000000204. The molecule has 6 rings (SSSR count). The van der Waals surface area contributed by atoms with Crippen LogP contribution in [0.1, 0.15) is 53.4 Å². The molecule has 3 aromatic heterocycles. The van der Waals surface area contributed by atoms with Crippen molar-refractivity contribution in [3.05, 3.63) is 78.7 Å². The van der Waals surface area contributed by atoms with Crippen LogP contribution in [-0.2, 0) is 24.9 Å². The number of carbonyl (C=O) groups is 1. The van der Waals surface area contributed by atoms with Crippen molar-refractivity contribution < 1.29 is 34.4 Å². The summed E-state index contributed by atoms with van der Waals surface area (Å²) in [6.07, 6.45) is 6.74. The van der Waals surface area contributed by atoms with Crippen molar-refractivity contribution in [2.24, 2.45) is 11.8 Å². The van der Waals surface area contributed by atoms with E-state index in [2.05, 4.69) is 54.6 Å². The molecule has 0 spiro atoms. The standard InChI is InChI=1S/C21H10NOSe.C13H24O2.Ir/c1-2-5-13-12(4-1)8-9-14-20-19-16(10-11-22-20)23-15-6-3-7-17(18(15)19)24-21(13)14;1-5-10(6-2)12(14)9-13(15)11(7-3)8-4;/h1-8,10-11H;9-11,14H,5-8H2,1-4H3;/q-1;;/b;12-9-;. The topological polar surface area (TPSA) is 63.3 Å². The summed E-state index contributed by atoms with van der Waals surface area (Å²) in [5.74, 6) is 0.547. The number of furan rings is 1. The van der Waals surface area contributed by atoms with Crippen molar-refractivity contribution in [3.63, 3.8) is 0 Å². The second kappa shape index (κ2) is 13.3. The van der Waals surface area contributed by atoms with E-state index in [1.54, 1.807) is 0 Å². The normalized spacial score (nSPS) is 12.0. The molecule has 4 nitrogen and oxygen atoms in total. The van der Waals surface area contributed by atoms with Crippen LogP contribution in [-0.4, -0.2) is 30.4 Å². The van der Waals surface area contributed by atoms with E-state index in [0.29, 0.717) is 0 Å². The fourth-order valence-corrected chi connectivity index (χ4v) is 7.93. The van der Waals surface area contributed by atoms with Gasteiger partial charge in [-0.3, -0.25) is 4.79 Å². The van der Waals surface area contributed by atoms with E-state index in [4.69, 9.17) is 9.40 Å². The molecule has 0 bridgehead atoms. The molecule has 40 heavy (non-hydrogen) atoms. The first-order valence-electron chi connectivity index (χ1n) is 13.9. The van der Waals surface area contributed by atoms with Crippen molar-refractivity contribution in [1.82, 2.24) is 4.98 Å². The number of benzene rings is 3. The molecule has 209 valence electrons. The van der Waals surface area contributed by atoms with Gasteiger partial charge in [0.15, 0.2) is 5.78 Å². The van der Waals surface area contributed by atoms with Crippen LogP contribution in [0.25, 0.3) is 52.1 Å². The molecule has 0 aliphatic carbocycles. The van der Waals surface area contributed by atoms with E-state index in [9.17, 15) is 9.90 Å². The second-order valence-corrected chi connectivity index (χ2v) is 12.2. The molecule has 6 heteroatoms. The minimum atomic E-state index is 0. The van der Waals surface area contributed by atoms with Crippen molar-refractivity contribution in [3.8, 4) is 0 Å². The van der Waals surface area contributed by atoms with Gasteiger partial charge in [-0.1, -0.05) is 27.7 Å². The van der Waals surface area contributed by atoms with E-state index in [1.807, 2.05) is 40.0 Å². The molecule has 3 aromatic carbocycles. The number of rotatable bonds is 7. The molecule has 0 atom stereocenters. The zero-order chi connectivity index (χ0) is 27.5. The third-order valence-electron chi connectivity index (χ3n) is 7.71. The van der Waals surface area contributed by atoms with Gasteiger partial charge in [-0.2, -0.15) is 0 Å². The average Bonchev–Trinajstić information content (AvgIpc) is 3.27. The maximum absolute atomic E-state index is 11.7. The Kier molecular flexibility index (Phi) is 10.0. The Bertz CT molecular complexity index is 1810. The van der Waals surface area contributed by atoms with Crippen LogP contribution in [0.15, 0.2) is 77.0 Å². The Hall–Kier alpha value is -2.75. The number of aromatic nitrogens is 1. The number of hydrogen-bond donors (Lipinski definition) is 1. The summed E-state index contributed by atoms with van der Waals surface area (Å²) in [5.41, 5.74) is 2.86. The van der Waals surface area contributed by atoms with Crippen molar-refractivity contribution in [1.29, 1.82) is 0 Å². The number of aliphatic hydroxyl groups is 1. The average molecular weight is 776 g/mol. The number of hydrogen-bond acceptors (Lipinski definition) is 4. The third kappa shape index (κ3) is 5.69. The molecule has 0 aliphatic heterocycles. The molecule has 0 unspecified atom stereocenters. The molecule has 0 saturated heterocycles. The fourth-order valence-electron chi connectivity index (χ4n) is 5.36. The number of ketones is 1. The molecule has 1 N–H and O–H groups in total. The van der Waals surface area contributed by atoms with Crippen LogP contribution in [0.4, 0.5) is 0 Å². The fraction of sp³-hybridized carbons (Fsp3) is 0.294. The van der Waals surface area contributed by atoms with Gasteiger partial charge in [0.25, 0.3) is 0 Å². The number of aliphatic hydroxyl groups excluding tert-OH is 1. The summed E-state index contributed by atoms with van der Waals surface area (Å²) in [5, 5.41) is 15.8. The van der Waals surface area contributed by atoms with E-state index in [-0.39, 0.29) is 58.0 Å². The van der Waals surface area contributed by atoms with E-state index in [1.165, 1.54) is 30.8 Å². The quantitative estimate of drug-likeness (QED) is 0.0761. The molecule has 0 aliphatic rings. The van der Waals surface area contributed by atoms with Crippen LogP contribution in [0.3, 0.4) is 0 Å². The number of nitrogens with zero attached hydrogens (tertiary/aromatic N) is 1. The van der Waals surface area contributed by atoms with Gasteiger partial charge >= 0.3 is 143 Å². The van der Waals surface area contributed by atoms with Gasteiger partial charge in [0.05, 0.1) is 5.76 Å². The zero-order valence-corrected chi connectivity index (χ0v) is 27.4. The van der Waals surface area contributed by atoms with Crippen LogP contribution < -0.4 is 0 Å². The van der Waals surface area contributed by atoms with Gasteiger partial charge in [0.2, 0.25) is 0 Å². The van der Waals surface area contributed by atoms with Crippen LogP contribution in [0, 0.1) is 17.9 Å². The van der Waals surface area contributed by atoms with Crippen molar-refractivity contribution in [2.75, 3.05) is 0 Å². The van der Waals surface area contributed by atoms with Gasteiger partial charge in [0.1, 0.15) is 0 Å².